The first-order valence-corrected chi connectivity index (χ1v) is 17.2. The number of hydrogen-bond donors (Lipinski definition) is 1. The summed E-state index contributed by atoms with van der Waals surface area (Å²) in [6, 6.07) is 23.5. The number of ether oxygens (including phenoxy) is 3. The number of carbonyl (C=O) groups excluding carboxylic acids is 2. The van der Waals surface area contributed by atoms with Crippen LogP contribution in [0.1, 0.15) is 18.1 Å². The number of halogens is 2. The van der Waals surface area contributed by atoms with Gasteiger partial charge in [0.05, 0.1) is 31.4 Å². The second kappa shape index (κ2) is 16.6. The molecule has 4 rings (SSSR count). The number of amides is 2. The normalized spacial score (nSPS) is 11.7. The highest BCUT2D eigenvalue weighted by molar-refractivity contribution is 7.92. The van der Waals surface area contributed by atoms with Gasteiger partial charge < -0.3 is 24.4 Å². The van der Waals surface area contributed by atoms with Crippen LogP contribution in [0, 0.1) is 0 Å². The number of anilines is 1. The third kappa shape index (κ3) is 8.71. The molecule has 2 amide bonds. The molecule has 1 atom stereocenters. The van der Waals surface area contributed by atoms with Crippen molar-refractivity contribution in [2.45, 2.75) is 30.8 Å². The maximum absolute atomic E-state index is 14.5. The molecule has 0 aromatic heterocycles. The Labute approximate surface area is 291 Å². The van der Waals surface area contributed by atoms with E-state index < -0.39 is 34.4 Å². The third-order valence-electron chi connectivity index (χ3n) is 7.53. The predicted octanol–water partition coefficient (Wildman–Crippen LogP) is 5.99. The van der Waals surface area contributed by atoms with Gasteiger partial charge in [-0.3, -0.25) is 13.9 Å². The number of sulfonamides is 1. The molecule has 4 aromatic rings. The molecular formula is C35H37Cl2N3O7S. The van der Waals surface area contributed by atoms with Gasteiger partial charge in [0.15, 0.2) is 11.5 Å². The number of nitrogens with zero attached hydrogens (tertiary/aromatic N) is 2. The van der Waals surface area contributed by atoms with Crippen LogP contribution in [0.4, 0.5) is 5.69 Å². The van der Waals surface area contributed by atoms with Gasteiger partial charge in [0.25, 0.3) is 10.0 Å². The molecule has 0 fully saturated rings. The van der Waals surface area contributed by atoms with Gasteiger partial charge in [-0.05, 0) is 66.6 Å². The van der Waals surface area contributed by atoms with Crippen molar-refractivity contribution in [1.29, 1.82) is 0 Å². The lowest BCUT2D eigenvalue weighted by atomic mass is 10.0. The zero-order valence-electron chi connectivity index (χ0n) is 27.0. The number of methoxy groups -OCH3 is 2. The second-order valence-electron chi connectivity index (χ2n) is 10.5. The highest BCUT2D eigenvalue weighted by atomic mass is 35.5. The van der Waals surface area contributed by atoms with Gasteiger partial charge in [-0.25, -0.2) is 8.42 Å². The average Bonchev–Trinajstić information content (AvgIpc) is 3.09. The monoisotopic (exact) mass is 713 g/mol. The van der Waals surface area contributed by atoms with Crippen LogP contribution in [0.25, 0.3) is 0 Å². The number of carbonyl (C=O) groups is 2. The van der Waals surface area contributed by atoms with E-state index in [0.717, 1.165) is 9.87 Å². The first kappa shape index (κ1) is 36.4. The van der Waals surface area contributed by atoms with Gasteiger partial charge in [-0.2, -0.15) is 0 Å². The number of rotatable bonds is 15. The fraction of sp³-hybridized carbons (Fsp3) is 0.257. The number of benzene rings is 4. The van der Waals surface area contributed by atoms with Crippen LogP contribution in [0.2, 0.25) is 10.0 Å². The largest absolute Gasteiger partial charge is 0.494 e. The highest BCUT2D eigenvalue weighted by Gasteiger charge is 2.35. The SMILES string of the molecule is CCOc1ccc(N(CC(=O)N(Cc2ccc(Cl)cc2Cl)C(Cc2ccccc2)C(=O)NC)S(=O)(=O)c2ccc(OC)c(OC)c2)cc1. The molecule has 48 heavy (non-hydrogen) atoms. The molecule has 0 radical (unpaired) electrons. The van der Waals surface area contributed by atoms with Crippen molar-refractivity contribution in [3.05, 3.63) is 112 Å². The van der Waals surface area contributed by atoms with Crippen LogP contribution in [0.5, 0.6) is 17.2 Å². The zero-order valence-corrected chi connectivity index (χ0v) is 29.3. The summed E-state index contributed by atoms with van der Waals surface area (Å²) in [7, 11) is -0.0814. The van der Waals surface area contributed by atoms with Crippen molar-refractivity contribution in [2.75, 3.05) is 38.7 Å². The van der Waals surface area contributed by atoms with E-state index in [1.807, 2.05) is 37.3 Å². The van der Waals surface area contributed by atoms with Crippen LogP contribution < -0.4 is 23.8 Å². The van der Waals surface area contributed by atoms with E-state index in [1.54, 1.807) is 42.5 Å². The molecule has 1 unspecified atom stereocenters. The molecule has 1 N–H and O–H groups in total. The van der Waals surface area contributed by atoms with Gasteiger partial charge in [0, 0.05) is 36.1 Å². The van der Waals surface area contributed by atoms with E-state index in [1.165, 1.54) is 44.4 Å². The van der Waals surface area contributed by atoms with E-state index in [2.05, 4.69) is 5.32 Å². The minimum absolute atomic E-state index is 0.104. The molecule has 0 aliphatic carbocycles. The standard InChI is InChI=1S/C35H37Cl2N3O7S/c1-5-47-28-15-13-27(14-16-28)40(48(43,44)29-17-18-32(45-3)33(21-29)46-4)23-34(41)39(22-25-11-12-26(36)20-30(25)37)31(35(42)38-2)19-24-9-7-6-8-10-24/h6-18,20-21,31H,5,19,22-23H2,1-4H3,(H,38,42). The maximum Gasteiger partial charge on any atom is 0.264 e. The van der Waals surface area contributed by atoms with Gasteiger partial charge in [-0.15, -0.1) is 0 Å². The van der Waals surface area contributed by atoms with Crippen LogP contribution in [-0.2, 0) is 32.6 Å². The van der Waals surface area contributed by atoms with Gasteiger partial charge >= 0.3 is 0 Å². The molecule has 0 aliphatic rings. The van der Waals surface area contributed by atoms with Gasteiger partial charge in [-0.1, -0.05) is 59.6 Å². The Morgan fingerprint density at radius 1 is 0.875 bits per heavy atom. The van der Waals surface area contributed by atoms with E-state index in [4.69, 9.17) is 37.4 Å². The van der Waals surface area contributed by atoms with Crippen LogP contribution in [0.15, 0.2) is 95.9 Å². The van der Waals surface area contributed by atoms with Crippen molar-refractivity contribution < 1.29 is 32.2 Å². The van der Waals surface area contributed by atoms with E-state index in [0.29, 0.717) is 28.7 Å². The number of likely N-dealkylation sites (N-methyl/N-ethyl adjacent to an activating group) is 1. The molecule has 0 saturated carbocycles. The quantitative estimate of drug-likeness (QED) is 0.161. The molecule has 0 aliphatic heterocycles. The third-order valence-corrected chi connectivity index (χ3v) is 9.89. The summed E-state index contributed by atoms with van der Waals surface area (Å²) in [5.41, 5.74) is 1.52. The molecule has 0 bridgehead atoms. The first-order valence-electron chi connectivity index (χ1n) is 15.0. The Morgan fingerprint density at radius 2 is 1.56 bits per heavy atom. The molecule has 13 heteroatoms. The summed E-state index contributed by atoms with van der Waals surface area (Å²) < 4.78 is 46.0. The van der Waals surface area contributed by atoms with Crippen molar-refractivity contribution in [3.8, 4) is 17.2 Å². The molecule has 10 nitrogen and oxygen atoms in total. The van der Waals surface area contributed by atoms with Crippen molar-refractivity contribution in [2.24, 2.45) is 0 Å². The fourth-order valence-corrected chi connectivity index (χ4v) is 6.96. The number of nitrogens with one attached hydrogen (secondary N) is 1. The Hall–Kier alpha value is -4.45. The Balaban J connectivity index is 1.83. The molecule has 0 heterocycles. The fourth-order valence-electron chi connectivity index (χ4n) is 5.06. The Kier molecular flexibility index (Phi) is 12.6. The lowest BCUT2D eigenvalue weighted by molar-refractivity contribution is -0.139. The molecule has 0 saturated heterocycles. The summed E-state index contributed by atoms with van der Waals surface area (Å²) in [5, 5.41) is 3.34. The maximum atomic E-state index is 14.5. The van der Waals surface area contributed by atoms with Gasteiger partial charge in [0.2, 0.25) is 11.8 Å². The minimum Gasteiger partial charge on any atom is -0.494 e. The molecular weight excluding hydrogens is 677 g/mol. The molecule has 0 spiro atoms. The predicted molar refractivity (Wildman–Crippen MR) is 187 cm³/mol. The summed E-state index contributed by atoms with van der Waals surface area (Å²) in [4.78, 5) is 29.2. The Bertz CT molecular complexity index is 1820. The average molecular weight is 715 g/mol. The lowest BCUT2D eigenvalue weighted by Gasteiger charge is -2.34. The summed E-state index contributed by atoms with van der Waals surface area (Å²) in [6.07, 6.45) is 0.156. The van der Waals surface area contributed by atoms with E-state index >= 15 is 0 Å². The molecule has 4 aromatic carbocycles. The topological polar surface area (TPSA) is 114 Å². The van der Waals surface area contributed by atoms with Crippen molar-refractivity contribution >= 4 is 50.7 Å². The lowest BCUT2D eigenvalue weighted by Crippen LogP contribution is -2.53. The van der Waals surface area contributed by atoms with Gasteiger partial charge in [0.1, 0.15) is 18.3 Å². The smallest absolute Gasteiger partial charge is 0.264 e. The Morgan fingerprint density at radius 3 is 2.17 bits per heavy atom. The minimum atomic E-state index is -4.40. The second-order valence-corrected chi connectivity index (χ2v) is 13.2. The van der Waals surface area contributed by atoms with Crippen LogP contribution in [-0.4, -0.2) is 65.6 Å². The molecule has 254 valence electrons. The highest BCUT2D eigenvalue weighted by Crippen LogP contribution is 2.33. The van der Waals surface area contributed by atoms with Crippen LogP contribution in [0.3, 0.4) is 0 Å². The van der Waals surface area contributed by atoms with Crippen molar-refractivity contribution in [1.82, 2.24) is 10.2 Å². The summed E-state index contributed by atoms with van der Waals surface area (Å²) in [6.45, 7) is 1.49. The summed E-state index contributed by atoms with van der Waals surface area (Å²) >= 11 is 12.7. The van der Waals surface area contributed by atoms with E-state index in [-0.39, 0.29) is 34.3 Å². The first-order chi connectivity index (χ1) is 23.0. The van der Waals surface area contributed by atoms with E-state index in [9.17, 15) is 18.0 Å². The summed E-state index contributed by atoms with van der Waals surface area (Å²) in [5.74, 6) is -0.0349. The zero-order chi connectivity index (χ0) is 34.8. The van der Waals surface area contributed by atoms with Crippen molar-refractivity contribution in [3.63, 3.8) is 0 Å². The number of hydrogen-bond acceptors (Lipinski definition) is 7. The van der Waals surface area contributed by atoms with Crippen LogP contribution >= 0.6 is 23.2 Å².